The minimum absolute atomic E-state index is 0.104. The molecular formula is C34H44N6O7S. The quantitative estimate of drug-likeness (QED) is 0.353. The van der Waals surface area contributed by atoms with Gasteiger partial charge in [-0.3, -0.25) is 14.5 Å². The Kier molecular flexibility index (Phi) is 9.53. The number of hydrogen-bond acceptors (Lipinski definition) is 10. The average Bonchev–Trinajstić information content (AvgIpc) is 3.61. The summed E-state index contributed by atoms with van der Waals surface area (Å²) in [5.41, 5.74) is 4.51. The van der Waals surface area contributed by atoms with Gasteiger partial charge in [-0.15, -0.1) is 0 Å². The van der Waals surface area contributed by atoms with Gasteiger partial charge in [-0.05, 0) is 69.1 Å². The molecule has 1 atom stereocenters. The van der Waals surface area contributed by atoms with E-state index in [1.165, 1.54) is 26.2 Å². The van der Waals surface area contributed by atoms with E-state index in [1.807, 2.05) is 17.9 Å². The molecule has 2 amide bonds. The fraction of sp³-hybridized carbons (Fsp3) is 0.500. The topological polar surface area (TPSA) is 136 Å². The van der Waals surface area contributed by atoms with Gasteiger partial charge in [-0.25, -0.2) is 9.52 Å². The van der Waals surface area contributed by atoms with E-state index in [4.69, 9.17) is 9.15 Å². The molecule has 0 radical (unpaired) electrons. The van der Waals surface area contributed by atoms with E-state index in [2.05, 4.69) is 27.6 Å². The highest BCUT2D eigenvalue weighted by Gasteiger charge is 2.31. The Hall–Kier alpha value is -3.98. The van der Waals surface area contributed by atoms with Crippen molar-refractivity contribution in [3.8, 4) is 0 Å². The highest BCUT2D eigenvalue weighted by Crippen LogP contribution is 2.34. The molecular weight excluding hydrogens is 636 g/mol. The molecule has 1 aromatic heterocycles. The lowest BCUT2D eigenvalue weighted by atomic mass is 9.95. The van der Waals surface area contributed by atoms with Gasteiger partial charge in [-0.1, -0.05) is 0 Å². The molecule has 13 nitrogen and oxygen atoms in total. The van der Waals surface area contributed by atoms with Crippen LogP contribution in [0.4, 0.5) is 11.4 Å². The van der Waals surface area contributed by atoms with E-state index in [0.29, 0.717) is 55.1 Å². The number of nitrogens with one attached hydrogen (secondary N) is 1. The third kappa shape index (κ3) is 6.41. The summed E-state index contributed by atoms with van der Waals surface area (Å²) in [5.74, 6) is -1.04. The van der Waals surface area contributed by atoms with Gasteiger partial charge < -0.3 is 23.9 Å². The first-order chi connectivity index (χ1) is 22.9. The van der Waals surface area contributed by atoms with Crippen molar-refractivity contribution in [3.63, 3.8) is 0 Å². The zero-order valence-corrected chi connectivity index (χ0v) is 29.1. The lowest BCUT2D eigenvalue weighted by Crippen LogP contribution is -2.53. The summed E-state index contributed by atoms with van der Waals surface area (Å²) in [6.45, 7) is 7.08. The van der Waals surface area contributed by atoms with E-state index in [0.717, 1.165) is 59.0 Å². The summed E-state index contributed by atoms with van der Waals surface area (Å²) >= 11 is 0. The Labute approximate surface area is 281 Å². The largest absolute Gasteiger partial charge is 0.422 e. The third-order valence-electron chi connectivity index (χ3n) is 9.89. The van der Waals surface area contributed by atoms with E-state index >= 15 is 0 Å². The van der Waals surface area contributed by atoms with E-state index in [9.17, 15) is 22.8 Å². The molecule has 0 aliphatic carbocycles. The van der Waals surface area contributed by atoms with E-state index in [1.54, 1.807) is 18.1 Å². The van der Waals surface area contributed by atoms with Crippen LogP contribution in [-0.2, 0) is 27.9 Å². The maximum absolute atomic E-state index is 13.9. The van der Waals surface area contributed by atoms with E-state index in [-0.39, 0.29) is 24.1 Å². The first-order valence-electron chi connectivity index (χ1n) is 16.3. The minimum atomic E-state index is -4.00. The molecule has 14 heteroatoms. The number of amides is 2. The summed E-state index contributed by atoms with van der Waals surface area (Å²) in [6, 6.07) is 9.09. The Morgan fingerprint density at radius 3 is 2.46 bits per heavy atom. The molecule has 2 aromatic carbocycles. The SMILES string of the molecule is COC[C@H]1CN(c2ccc3c4c(c(=O)oc3c2C)CN(C(=O)c2ccc(C(=O)NS(=O)(=O)N(C)C)c(N3CCCC3)c2)CC4)CCN1C. The van der Waals surface area contributed by atoms with E-state index < -0.39 is 21.7 Å². The Balaban J connectivity index is 1.26. The van der Waals surface area contributed by atoms with Crippen molar-refractivity contribution in [1.29, 1.82) is 0 Å². The van der Waals surface area contributed by atoms with Gasteiger partial charge in [-0.2, -0.15) is 12.7 Å². The normalized spacial score (nSPS) is 18.9. The number of fused-ring (bicyclic) bond motifs is 3. The summed E-state index contributed by atoms with van der Waals surface area (Å²) in [5, 5.41) is 0.889. The molecule has 6 rings (SSSR count). The zero-order chi connectivity index (χ0) is 34.3. The van der Waals surface area contributed by atoms with Crippen LogP contribution in [-0.4, -0.2) is 115 Å². The Morgan fingerprint density at radius 2 is 1.75 bits per heavy atom. The van der Waals surface area contributed by atoms with Crippen molar-refractivity contribution in [1.82, 2.24) is 18.8 Å². The summed E-state index contributed by atoms with van der Waals surface area (Å²) in [7, 11) is 2.50. The first-order valence-corrected chi connectivity index (χ1v) is 17.8. The Morgan fingerprint density at radius 1 is 1.00 bits per heavy atom. The van der Waals surface area contributed by atoms with Crippen LogP contribution in [0.2, 0.25) is 0 Å². The summed E-state index contributed by atoms with van der Waals surface area (Å²) in [6.07, 6.45) is 2.34. The average molecular weight is 681 g/mol. The van der Waals surface area contributed by atoms with Crippen molar-refractivity contribution in [2.24, 2.45) is 0 Å². The van der Waals surface area contributed by atoms with Crippen LogP contribution in [0.15, 0.2) is 39.5 Å². The molecule has 0 bridgehead atoms. The van der Waals surface area contributed by atoms with Gasteiger partial charge >= 0.3 is 15.8 Å². The standard InChI is InChI=1S/C34H44N6O7S/c1-22-29(39-17-16-37(4)24(19-39)21-46-5)11-10-26-25-12-15-40(20-28(25)34(43)47-31(22)26)33(42)23-8-9-27(30(18-23)38-13-6-7-14-38)32(41)35-48(44,45)36(2)3/h8-11,18,24H,6-7,12-17,19-21H2,1-5H3,(H,35,41)/t24-/m1/s1. The molecule has 3 aliphatic rings. The summed E-state index contributed by atoms with van der Waals surface area (Å²) < 4.78 is 39.2. The molecule has 1 N–H and O–H groups in total. The molecule has 2 fully saturated rings. The van der Waals surface area contributed by atoms with Crippen LogP contribution < -0.4 is 20.1 Å². The second kappa shape index (κ2) is 13.5. The monoisotopic (exact) mass is 680 g/mol. The number of aryl methyl sites for hydroxylation is 1. The minimum Gasteiger partial charge on any atom is -0.422 e. The summed E-state index contributed by atoms with van der Waals surface area (Å²) in [4.78, 5) is 48.7. The van der Waals surface area contributed by atoms with Gasteiger partial charge in [0.05, 0.1) is 36.0 Å². The number of rotatable bonds is 8. The maximum Gasteiger partial charge on any atom is 0.341 e. The number of anilines is 2. The number of hydrogen-bond donors (Lipinski definition) is 1. The highest BCUT2D eigenvalue weighted by atomic mass is 32.2. The van der Waals surface area contributed by atoms with Crippen molar-refractivity contribution in [3.05, 3.63) is 68.6 Å². The number of carbonyl (C=O) groups is 2. The van der Waals surface area contributed by atoms with Crippen molar-refractivity contribution in [2.45, 2.75) is 38.8 Å². The molecule has 258 valence electrons. The first kappa shape index (κ1) is 33.9. The third-order valence-corrected chi connectivity index (χ3v) is 11.3. The zero-order valence-electron chi connectivity index (χ0n) is 28.2. The number of carbonyl (C=O) groups excluding carboxylic acids is 2. The van der Waals surface area contributed by atoms with Crippen molar-refractivity contribution in [2.75, 3.05) is 83.9 Å². The van der Waals surface area contributed by atoms with Gasteiger partial charge in [0.1, 0.15) is 5.58 Å². The molecule has 48 heavy (non-hydrogen) atoms. The fourth-order valence-corrected chi connectivity index (χ4v) is 7.56. The van der Waals surface area contributed by atoms with Gasteiger partial charge in [0.2, 0.25) is 0 Å². The fourth-order valence-electron chi connectivity index (χ4n) is 7.03. The molecule has 3 aliphatic heterocycles. The van der Waals surface area contributed by atoms with Crippen LogP contribution in [0.5, 0.6) is 0 Å². The molecule has 4 heterocycles. The molecule has 3 aromatic rings. The lowest BCUT2D eigenvalue weighted by Gasteiger charge is -2.41. The molecule has 0 spiro atoms. The second-order valence-electron chi connectivity index (χ2n) is 13.1. The van der Waals surface area contributed by atoms with Crippen LogP contribution >= 0.6 is 0 Å². The number of ether oxygens (including phenoxy) is 1. The smallest absolute Gasteiger partial charge is 0.341 e. The number of piperazine rings is 1. The predicted octanol–water partition coefficient (Wildman–Crippen LogP) is 2.20. The van der Waals surface area contributed by atoms with Crippen LogP contribution in [0.3, 0.4) is 0 Å². The van der Waals surface area contributed by atoms with Crippen molar-refractivity contribution < 1.29 is 27.2 Å². The Bertz CT molecular complexity index is 1900. The van der Waals surface area contributed by atoms with Gasteiger partial charge in [0.15, 0.2) is 0 Å². The molecule has 0 unspecified atom stereocenters. The van der Waals surface area contributed by atoms with Crippen LogP contribution in [0, 0.1) is 6.92 Å². The van der Waals surface area contributed by atoms with Crippen LogP contribution in [0.1, 0.15) is 50.2 Å². The molecule has 2 saturated heterocycles. The highest BCUT2D eigenvalue weighted by molar-refractivity contribution is 7.87. The predicted molar refractivity (Wildman–Crippen MR) is 184 cm³/mol. The number of benzene rings is 2. The lowest BCUT2D eigenvalue weighted by molar-refractivity contribution is 0.0732. The second-order valence-corrected chi connectivity index (χ2v) is 15.0. The van der Waals surface area contributed by atoms with Gasteiger partial charge in [0.25, 0.3) is 11.8 Å². The molecule has 0 saturated carbocycles. The maximum atomic E-state index is 13.9. The number of nitrogens with zero attached hydrogens (tertiary/aromatic N) is 5. The number of likely N-dealkylation sites (N-methyl/N-ethyl adjacent to an activating group) is 1. The van der Waals surface area contributed by atoms with Gasteiger partial charge in [0, 0.05) is 82.7 Å². The number of methoxy groups -OCH3 is 1. The van der Waals surface area contributed by atoms with Crippen molar-refractivity contribution >= 4 is 44.4 Å². The van der Waals surface area contributed by atoms with Crippen LogP contribution in [0.25, 0.3) is 11.0 Å².